The fraction of sp³-hybridized carbons (Fsp3) is 0.148. The van der Waals surface area contributed by atoms with Crippen LogP contribution in [0.5, 0.6) is 0 Å². The number of imide groups is 1. The number of nitrogens with zero attached hydrogens (tertiary/aromatic N) is 4. The molecule has 13 heteroatoms. The zero-order valence-electron chi connectivity index (χ0n) is 20.3. The summed E-state index contributed by atoms with van der Waals surface area (Å²) in [4.78, 5) is 42.4. The Balaban J connectivity index is 1.39. The van der Waals surface area contributed by atoms with Gasteiger partial charge in [-0.1, -0.05) is 29.8 Å². The average molecular weight is 587 g/mol. The zero-order chi connectivity index (χ0) is 28.6. The second kappa shape index (κ2) is 10.8. The lowest BCUT2D eigenvalue weighted by atomic mass is 10.1. The van der Waals surface area contributed by atoms with Gasteiger partial charge in [0.05, 0.1) is 28.7 Å². The Kier molecular flexibility index (Phi) is 7.39. The Hall–Kier alpha value is -4.16. The van der Waals surface area contributed by atoms with Crippen molar-refractivity contribution in [2.45, 2.75) is 25.2 Å². The van der Waals surface area contributed by atoms with Crippen molar-refractivity contribution in [3.05, 3.63) is 99.3 Å². The Bertz CT molecular complexity index is 1670. The molecule has 204 valence electrons. The highest BCUT2D eigenvalue weighted by molar-refractivity contribution is 8.18. The molecule has 0 aliphatic carbocycles. The number of carbonyl (C=O) groups is 3. The first-order chi connectivity index (χ1) is 19.0. The summed E-state index contributed by atoms with van der Waals surface area (Å²) in [5.41, 5.74) is 0.786. The first kappa shape index (κ1) is 27.4. The number of fused-ring (bicyclic) bond motifs is 1. The van der Waals surface area contributed by atoms with Crippen molar-refractivity contribution < 1.29 is 32.7 Å². The van der Waals surface area contributed by atoms with Gasteiger partial charge in [0.2, 0.25) is 0 Å². The lowest BCUT2D eigenvalue weighted by Gasteiger charge is -2.21. The molecular weight excluding hydrogens is 569 g/mol. The van der Waals surface area contributed by atoms with Crippen molar-refractivity contribution in [1.82, 2.24) is 19.7 Å². The maximum absolute atomic E-state index is 13.5. The van der Waals surface area contributed by atoms with E-state index in [-0.39, 0.29) is 28.5 Å². The monoisotopic (exact) mass is 586 g/mol. The minimum atomic E-state index is -4.59. The minimum Gasteiger partial charge on any atom is -0.480 e. The van der Waals surface area contributed by atoms with E-state index in [9.17, 15) is 32.7 Å². The van der Waals surface area contributed by atoms with Crippen LogP contribution >= 0.6 is 23.4 Å². The maximum Gasteiger partial charge on any atom is 0.416 e. The topological polar surface area (TPSA) is 105 Å². The van der Waals surface area contributed by atoms with Gasteiger partial charge in [-0.15, -0.1) is 0 Å². The third kappa shape index (κ3) is 5.58. The molecular formula is C27H18ClF3N4O4S. The number of carboxylic acids is 1. The van der Waals surface area contributed by atoms with E-state index in [1.54, 1.807) is 30.3 Å². The number of halogens is 4. The zero-order valence-corrected chi connectivity index (χ0v) is 21.9. The molecule has 1 unspecified atom stereocenters. The van der Waals surface area contributed by atoms with Crippen molar-refractivity contribution in [1.29, 1.82) is 0 Å². The number of thioether (sulfide) groups is 1. The number of carboxylic acid groups (broad SMARTS) is 1. The predicted molar refractivity (Wildman–Crippen MR) is 142 cm³/mol. The van der Waals surface area contributed by atoms with Crippen LogP contribution in [-0.4, -0.2) is 47.9 Å². The molecule has 3 heterocycles. The van der Waals surface area contributed by atoms with Gasteiger partial charge in [-0.3, -0.25) is 24.2 Å². The van der Waals surface area contributed by atoms with Gasteiger partial charge in [0.15, 0.2) is 0 Å². The number of hydrogen-bond donors (Lipinski definition) is 1. The summed E-state index contributed by atoms with van der Waals surface area (Å²) < 4.78 is 42.0. The fourth-order valence-corrected chi connectivity index (χ4v) is 5.41. The van der Waals surface area contributed by atoms with Crippen LogP contribution in [0.1, 0.15) is 22.3 Å². The maximum atomic E-state index is 13.5. The molecule has 0 spiro atoms. The van der Waals surface area contributed by atoms with Crippen LogP contribution in [0.2, 0.25) is 5.02 Å². The van der Waals surface area contributed by atoms with E-state index in [0.29, 0.717) is 33.8 Å². The lowest BCUT2D eigenvalue weighted by molar-refractivity contribution is -0.145. The van der Waals surface area contributed by atoms with Crippen molar-refractivity contribution in [2.75, 3.05) is 0 Å². The number of benzene rings is 2. The first-order valence-electron chi connectivity index (χ1n) is 11.7. The van der Waals surface area contributed by atoms with Crippen molar-refractivity contribution in [3.63, 3.8) is 0 Å². The molecule has 1 aliphatic rings. The van der Waals surface area contributed by atoms with Crippen LogP contribution < -0.4 is 0 Å². The minimum absolute atomic E-state index is 0.00100. The van der Waals surface area contributed by atoms with Gasteiger partial charge in [-0.2, -0.15) is 18.3 Å². The third-order valence-electron chi connectivity index (χ3n) is 6.23. The van der Waals surface area contributed by atoms with E-state index >= 15 is 0 Å². The van der Waals surface area contributed by atoms with Crippen LogP contribution in [0.3, 0.4) is 0 Å². The van der Waals surface area contributed by atoms with Crippen molar-refractivity contribution in [2.24, 2.45) is 0 Å². The van der Waals surface area contributed by atoms with Crippen LogP contribution in [-0.2, 0) is 28.7 Å². The highest BCUT2D eigenvalue weighted by Gasteiger charge is 2.43. The predicted octanol–water partition coefficient (Wildman–Crippen LogP) is 5.88. The number of alkyl halides is 3. The van der Waals surface area contributed by atoms with Crippen LogP contribution in [0.25, 0.3) is 17.0 Å². The molecule has 5 rings (SSSR count). The molecule has 2 amide bonds. The molecule has 1 atom stereocenters. The largest absolute Gasteiger partial charge is 0.480 e. The molecule has 1 fully saturated rings. The van der Waals surface area contributed by atoms with Crippen molar-refractivity contribution in [3.8, 4) is 0 Å². The smallest absolute Gasteiger partial charge is 0.416 e. The third-order valence-corrected chi connectivity index (χ3v) is 7.35. The molecule has 0 saturated carbocycles. The Morgan fingerprint density at radius 3 is 2.62 bits per heavy atom. The SMILES string of the molecule is O=C(O)C(Cc1cccnc1)N1C(=O)S/C(=C\c2ccc3c(cnn3Cc3ccc(Cl)cc3C(F)(F)F)c2)C1=O. The quantitative estimate of drug-likeness (QED) is 0.269. The van der Waals surface area contributed by atoms with Gasteiger partial charge in [0, 0.05) is 29.2 Å². The van der Waals surface area contributed by atoms with Gasteiger partial charge in [0.25, 0.3) is 11.1 Å². The molecule has 8 nitrogen and oxygen atoms in total. The number of carbonyl (C=O) groups excluding carboxylic acids is 2. The molecule has 0 bridgehead atoms. The fourth-order valence-electron chi connectivity index (χ4n) is 4.36. The first-order valence-corrected chi connectivity index (χ1v) is 12.9. The van der Waals surface area contributed by atoms with Crippen LogP contribution in [0.4, 0.5) is 18.0 Å². The Morgan fingerprint density at radius 2 is 1.93 bits per heavy atom. The highest BCUT2D eigenvalue weighted by Crippen LogP contribution is 2.36. The normalized spacial score (nSPS) is 15.8. The van der Waals surface area contributed by atoms with E-state index in [1.165, 1.54) is 41.5 Å². The van der Waals surface area contributed by atoms with Gasteiger partial charge in [-0.25, -0.2) is 4.79 Å². The number of amides is 2. The number of rotatable bonds is 7. The van der Waals surface area contributed by atoms with E-state index in [2.05, 4.69) is 10.1 Å². The molecule has 0 radical (unpaired) electrons. The molecule has 1 aliphatic heterocycles. The van der Waals surface area contributed by atoms with Gasteiger partial charge >= 0.3 is 12.1 Å². The van der Waals surface area contributed by atoms with E-state index in [1.807, 2.05) is 0 Å². The lowest BCUT2D eigenvalue weighted by Crippen LogP contribution is -2.45. The standard InChI is InChI=1S/C27H18ClF3N4O4S/c28-19-5-4-17(20(11-19)27(29,30)31)14-34-21-6-3-15(8-18(21)13-33-34)10-23-24(36)35(26(39)40-23)22(25(37)38)9-16-2-1-7-32-12-16/h1-8,10-13,22H,9,14H2,(H,37,38)/b23-10-. The molecule has 1 saturated heterocycles. The summed E-state index contributed by atoms with van der Waals surface area (Å²) in [5.74, 6) is -2.06. The number of pyridine rings is 1. The van der Waals surface area contributed by atoms with E-state index < -0.39 is 34.9 Å². The average Bonchev–Trinajstić information content (AvgIpc) is 3.42. The Labute approximate surface area is 234 Å². The summed E-state index contributed by atoms with van der Waals surface area (Å²) >= 11 is 6.41. The van der Waals surface area contributed by atoms with E-state index in [4.69, 9.17) is 11.6 Å². The van der Waals surface area contributed by atoms with Crippen molar-refractivity contribution >= 4 is 57.5 Å². The van der Waals surface area contributed by atoms with Gasteiger partial charge in [-0.05, 0) is 64.9 Å². The summed E-state index contributed by atoms with van der Waals surface area (Å²) in [6, 6.07) is 10.4. The summed E-state index contributed by atoms with van der Waals surface area (Å²) in [7, 11) is 0. The molecule has 40 heavy (non-hydrogen) atoms. The number of aromatic nitrogens is 3. The Morgan fingerprint density at radius 1 is 1.12 bits per heavy atom. The summed E-state index contributed by atoms with van der Waals surface area (Å²) in [5, 5.41) is 13.8. The van der Waals surface area contributed by atoms with Crippen LogP contribution in [0, 0.1) is 0 Å². The number of aliphatic carboxylic acids is 1. The summed E-state index contributed by atoms with van der Waals surface area (Å²) in [6.45, 7) is -0.152. The van der Waals surface area contributed by atoms with Gasteiger partial charge in [0.1, 0.15) is 6.04 Å². The molecule has 2 aromatic carbocycles. The molecule has 1 N–H and O–H groups in total. The highest BCUT2D eigenvalue weighted by atomic mass is 35.5. The number of hydrogen-bond acceptors (Lipinski definition) is 6. The van der Waals surface area contributed by atoms with Gasteiger partial charge < -0.3 is 5.11 Å². The summed E-state index contributed by atoms with van der Waals surface area (Å²) in [6.07, 6.45) is 1.26. The second-order valence-electron chi connectivity index (χ2n) is 8.89. The van der Waals surface area contributed by atoms with E-state index in [0.717, 1.165) is 11.0 Å². The molecule has 4 aromatic rings. The second-order valence-corrected chi connectivity index (χ2v) is 10.3. The molecule has 2 aromatic heterocycles. The van der Waals surface area contributed by atoms with Crippen LogP contribution in [0.15, 0.2) is 72.0 Å².